The molecule has 2 N–H and O–H groups in total. The topological polar surface area (TPSA) is 53.6 Å². The number of morpholine rings is 1. The third-order valence-electron chi connectivity index (χ3n) is 4.13. The fourth-order valence-corrected chi connectivity index (χ4v) is 3.35. The van der Waals surface area contributed by atoms with Crippen LogP contribution in [-0.4, -0.2) is 62.8 Å². The van der Waals surface area contributed by atoms with E-state index in [2.05, 4.69) is 29.4 Å². The summed E-state index contributed by atoms with van der Waals surface area (Å²) in [7, 11) is 0. The number of halogens is 2. The first kappa shape index (κ1) is 21.9. The average molecular weight is 356 g/mol. The second kappa shape index (κ2) is 11.5. The average Bonchev–Trinajstić information content (AvgIpc) is 2.43. The molecule has 0 radical (unpaired) electrons. The number of ether oxygens (including phenoxy) is 1. The molecule has 2 heterocycles. The van der Waals surface area contributed by atoms with Crippen LogP contribution in [-0.2, 0) is 9.53 Å². The van der Waals surface area contributed by atoms with Gasteiger partial charge in [0.1, 0.15) is 6.04 Å². The lowest BCUT2D eigenvalue weighted by Crippen LogP contribution is -2.51. The summed E-state index contributed by atoms with van der Waals surface area (Å²) in [6.07, 6.45) is 2.37. The minimum absolute atomic E-state index is 0. The van der Waals surface area contributed by atoms with Gasteiger partial charge < -0.3 is 20.3 Å². The molecule has 0 aromatic carbocycles. The first-order valence-corrected chi connectivity index (χ1v) is 7.96. The van der Waals surface area contributed by atoms with Crippen LogP contribution in [0.5, 0.6) is 0 Å². The molecule has 0 aromatic heterocycles. The lowest BCUT2D eigenvalue weighted by atomic mass is 9.92. The highest BCUT2D eigenvalue weighted by Crippen LogP contribution is 2.20. The molecule has 2 rings (SSSR count). The quantitative estimate of drug-likeness (QED) is 0.730. The van der Waals surface area contributed by atoms with E-state index in [1.165, 1.54) is 19.5 Å². The summed E-state index contributed by atoms with van der Waals surface area (Å²) >= 11 is 0. The van der Waals surface area contributed by atoms with Crippen LogP contribution < -0.4 is 10.6 Å². The fourth-order valence-electron chi connectivity index (χ4n) is 3.35. The Morgan fingerprint density at radius 3 is 2.55 bits per heavy atom. The second-order valence-corrected chi connectivity index (χ2v) is 6.43. The molecule has 3 unspecified atom stereocenters. The standard InChI is InChI=1S/C15H29N3O2.2ClH/c1-12-8-13(2)10-18(9-12)6-3-4-17-15(19)14-11-20-7-5-16-14;;/h12-14,16H,3-11H2,1-2H3,(H,17,19);2*1H. The van der Waals surface area contributed by atoms with Crippen molar-refractivity contribution in [2.45, 2.75) is 32.7 Å². The lowest BCUT2D eigenvalue weighted by Gasteiger charge is -2.35. The van der Waals surface area contributed by atoms with Crippen molar-refractivity contribution in [2.24, 2.45) is 11.8 Å². The van der Waals surface area contributed by atoms with Crippen molar-refractivity contribution in [1.82, 2.24) is 15.5 Å². The maximum atomic E-state index is 11.9. The fraction of sp³-hybridized carbons (Fsp3) is 0.933. The summed E-state index contributed by atoms with van der Waals surface area (Å²) < 4.78 is 5.30. The highest BCUT2D eigenvalue weighted by atomic mass is 35.5. The summed E-state index contributed by atoms with van der Waals surface area (Å²) in [4.78, 5) is 14.4. The number of hydrogen-bond donors (Lipinski definition) is 2. The van der Waals surface area contributed by atoms with Crippen molar-refractivity contribution in [1.29, 1.82) is 0 Å². The number of amides is 1. The van der Waals surface area contributed by atoms with Gasteiger partial charge in [0.15, 0.2) is 0 Å². The minimum Gasteiger partial charge on any atom is -0.378 e. The van der Waals surface area contributed by atoms with Crippen molar-refractivity contribution in [3.05, 3.63) is 0 Å². The Morgan fingerprint density at radius 2 is 1.95 bits per heavy atom. The van der Waals surface area contributed by atoms with Crippen molar-refractivity contribution < 1.29 is 9.53 Å². The highest BCUT2D eigenvalue weighted by Gasteiger charge is 2.22. The predicted molar refractivity (Wildman–Crippen MR) is 94.1 cm³/mol. The highest BCUT2D eigenvalue weighted by molar-refractivity contribution is 5.85. The van der Waals surface area contributed by atoms with E-state index in [0.717, 1.165) is 37.9 Å². The van der Waals surface area contributed by atoms with E-state index in [1.54, 1.807) is 0 Å². The number of hydrogen-bond acceptors (Lipinski definition) is 4. The van der Waals surface area contributed by atoms with E-state index in [9.17, 15) is 4.79 Å². The maximum absolute atomic E-state index is 11.9. The molecular weight excluding hydrogens is 325 g/mol. The van der Waals surface area contributed by atoms with Gasteiger partial charge in [0.2, 0.25) is 5.91 Å². The smallest absolute Gasteiger partial charge is 0.239 e. The molecule has 7 heteroatoms. The molecule has 132 valence electrons. The van der Waals surface area contributed by atoms with E-state index in [-0.39, 0.29) is 36.8 Å². The Morgan fingerprint density at radius 1 is 1.27 bits per heavy atom. The monoisotopic (exact) mass is 355 g/mol. The van der Waals surface area contributed by atoms with Gasteiger partial charge in [-0.05, 0) is 31.2 Å². The largest absolute Gasteiger partial charge is 0.378 e. The van der Waals surface area contributed by atoms with E-state index >= 15 is 0 Å². The van der Waals surface area contributed by atoms with E-state index in [4.69, 9.17) is 4.74 Å². The normalized spacial score (nSPS) is 29.1. The molecule has 0 bridgehead atoms. The Kier molecular flexibility index (Phi) is 11.4. The molecule has 0 saturated carbocycles. The molecule has 0 aliphatic carbocycles. The molecule has 3 atom stereocenters. The van der Waals surface area contributed by atoms with Crippen molar-refractivity contribution in [3.8, 4) is 0 Å². The number of piperidine rings is 1. The van der Waals surface area contributed by atoms with Crippen LogP contribution in [0, 0.1) is 11.8 Å². The van der Waals surface area contributed by atoms with Crippen LogP contribution in [0.15, 0.2) is 0 Å². The molecule has 2 aliphatic heterocycles. The Bertz CT molecular complexity index is 305. The molecule has 0 aromatic rings. The van der Waals surface area contributed by atoms with Crippen molar-refractivity contribution in [2.75, 3.05) is 45.9 Å². The Hall–Kier alpha value is -0.0700. The minimum atomic E-state index is -0.168. The molecule has 0 spiro atoms. The first-order valence-electron chi connectivity index (χ1n) is 7.96. The molecule has 1 amide bonds. The summed E-state index contributed by atoms with van der Waals surface area (Å²) in [5.41, 5.74) is 0. The molecule has 22 heavy (non-hydrogen) atoms. The molecule has 2 saturated heterocycles. The SMILES string of the molecule is CC1CC(C)CN(CCCNC(=O)C2COCCN2)C1.Cl.Cl. The van der Waals surface area contributed by atoms with Crippen LogP contribution >= 0.6 is 24.8 Å². The number of rotatable bonds is 5. The van der Waals surface area contributed by atoms with Gasteiger partial charge in [0.25, 0.3) is 0 Å². The van der Waals surface area contributed by atoms with Crippen LogP contribution in [0.3, 0.4) is 0 Å². The summed E-state index contributed by atoms with van der Waals surface area (Å²) in [6.45, 7) is 10.9. The van der Waals surface area contributed by atoms with Gasteiger partial charge in [0.05, 0.1) is 13.2 Å². The van der Waals surface area contributed by atoms with Crippen LogP contribution in [0.2, 0.25) is 0 Å². The first-order chi connectivity index (χ1) is 9.65. The Balaban J connectivity index is 0.00000220. The van der Waals surface area contributed by atoms with Crippen LogP contribution in [0.4, 0.5) is 0 Å². The summed E-state index contributed by atoms with van der Waals surface area (Å²) in [6, 6.07) is -0.168. The molecule has 5 nitrogen and oxygen atoms in total. The third-order valence-corrected chi connectivity index (χ3v) is 4.13. The summed E-state index contributed by atoms with van der Waals surface area (Å²) in [5, 5.41) is 6.18. The zero-order chi connectivity index (χ0) is 14.4. The maximum Gasteiger partial charge on any atom is 0.239 e. The summed E-state index contributed by atoms with van der Waals surface area (Å²) in [5.74, 6) is 1.68. The number of carbonyl (C=O) groups is 1. The molecular formula is C15H31Cl2N3O2. The zero-order valence-corrected chi connectivity index (χ0v) is 15.3. The van der Waals surface area contributed by atoms with Gasteiger partial charge in [-0.3, -0.25) is 4.79 Å². The zero-order valence-electron chi connectivity index (χ0n) is 13.7. The van der Waals surface area contributed by atoms with Gasteiger partial charge >= 0.3 is 0 Å². The third kappa shape index (κ3) is 7.47. The van der Waals surface area contributed by atoms with Crippen LogP contribution in [0.1, 0.15) is 26.7 Å². The predicted octanol–water partition coefficient (Wildman–Crippen LogP) is 1.30. The number of nitrogens with zero attached hydrogens (tertiary/aromatic N) is 1. The Labute approximate surface area is 146 Å². The van der Waals surface area contributed by atoms with Crippen molar-refractivity contribution in [3.63, 3.8) is 0 Å². The van der Waals surface area contributed by atoms with Gasteiger partial charge in [-0.15, -0.1) is 24.8 Å². The number of carbonyl (C=O) groups excluding carboxylic acids is 1. The second-order valence-electron chi connectivity index (χ2n) is 6.43. The van der Waals surface area contributed by atoms with Gasteiger partial charge in [-0.1, -0.05) is 13.8 Å². The van der Waals surface area contributed by atoms with Crippen molar-refractivity contribution >= 4 is 30.7 Å². The van der Waals surface area contributed by atoms with Gasteiger partial charge in [-0.2, -0.15) is 0 Å². The van der Waals surface area contributed by atoms with E-state index in [1.807, 2.05) is 0 Å². The van der Waals surface area contributed by atoms with E-state index < -0.39 is 0 Å². The van der Waals surface area contributed by atoms with Crippen LogP contribution in [0.25, 0.3) is 0 Å². The molecule has 2 aliphatic rings. The number of likely N-dealkylation sites (tertiary alicyclic amines) is 1. The van der Waals surface area contributed by atoms with Gasteiger partial charge in [0, 0.05) is 26.2 Å². The lowest BCUT2D eigenvalue weighted by molar-refractivity contribution is -0.125. The number of nitrogens with one attached hydrogen (secondary N) is 2. The molecule has 2 fully saturated rings. The van der Waals surface area contributed by atoms with Gasteiger partial charge in [-0.25, -0.2) is 0 Å². The van der Waals surface area contributed by atoms with E-state index in [0.29, 0.717) is 13.2 Å².